The number of carbonyl (C=O) groups excluding carboxylic acids is 4. The molecule has 1 aromatic rings. The van der Waals surface area contributed by atoms with Gasteiger partial charge in [0.2, 0.25) is 9.83 Å². The van der Waals surface area contributed by atoms with Crippen molar-refractivity contribution in [2.24, 2.45) is 5.92 Å². The number of carbonyl (C=O) groups is 4. The summed E-state index contributed by atoms with van der Waals surface area (Å²) >= 11 is 17.2. The third-order valence-corrected chi connectivity index (χ3v) is 6.76. The quantitative estimate of drug-likeness (QED) is 0.114. The predicted molar refractivity (Wildman–Crippen MR) is 153 cm³/mol. The Kier molecular flexibility index (Phi) is 13.2. The first-order chi connectivity index (χ1) is 18.7. The molecule has 1 heterocycles. The molecule has 40 heavy (non-hydrogen) atoms. The van der Waals surface area contributed by atoms with Gasteiger partial charge >= 0.3 is 23.9 Å². The van der Waals surface area contributed by atoms with Crippen LogP contribution in [-0.4, -0.2) is 70.1 Å². The van der Waals surface area contributed by atoms with Crippen molar-refractivity contribution in [2.75, 3.05) is 26.2 Å². The van der Waals surface area contributed by atoms with E-state index in [0.29, 0.717) is 12.8 Å². The minimum absolute atomic E-state index is 0.0119. The van der Waals surface area contributed by atoms with Crippen molar-refractivity contribution in [1.82, 2.24) is 5.32 Å². The first-order valence-electron chi connectivity index (χ1n) is 13.5. The van der Waals surface area contributed by atoms with Crippen LogP contribution in [0.2, 0.25) is 0 Å². The number of unbranched alkanes of at least 4 members (excludes halogenated alkanes) is 2. The van der Waals surface area contributed by atoms with E-state index in [-0.39, 0.29) is 32.7 Å². The number of piperazine rings is 1. The van der Waals surface area contributed by atoms with Gasteiger partial charge in [-0.15, -0.1) is 4.48 Å². The highest BCUT2D eigenvalue weighted by Gasteiger charge is 2.60. The maximum Gasteiger partial charge on any atom is 0.524 e. The number of quaternary nitrogens is 1. The van der Waals surface area contributed by atoms with Gasteiger partial charge in [0, 0.05) is 6.54 Å². The maximum absolute atomic E-state index is 14.4. The van der Waals surface area contributed by atoms with E-state index in [4.69, 9.17) is 49.0 Å². The van der Waals surface area contributed by atoms with Gasteiger partial charge in [-0.25, -0.2) is 9.59 Å². The number of esters is 2. The lowest BCUT2D eigenvalue weighted by Crippen LogP contribution is -2.74. The summed E-state index contributed by atoms with van der Waals surface area (Å²) in [4.78, 5) is 54.5. The van der Waals surface area contributed by atoms with Gasteiger partial charge in [0.25, 0.3) is 0 Å². The molecule has 3 atom stereocenters. The van der Waals surface area contributed by atoms with Crippen molar-refractivity contribution in [3.63, 3.8) is 0 Å². The van der Waals surface area contributed by atoms with Crippen LogP contribution in [0.1, 0.15) is 65.4 Å². The molecule has 0 spiro atoms. The molecule has 1 aliphatic rings. The topological polar surface area (TPSA) is 108 Å². The fraction of sp³-hybridized carbons (Fsp3) is 0.643. The number of imide groups is 1. The standard InChI is InChI=1S/C28H40Cl3N2O7/c1-5-6-8-13-21(16-23(34)39-19-28(29,30)31)24(35)33(26(37)40-27(2,3)4)15-14-32-17-22(33)25(36)38-18-20-11-9-7-10-12-20/h7,9-12,21-22,32H,5-6,8,13-19H2,1-4H3/q+1/t21-,22?,33+/m1/s1. The van der Waals surface area contributed by atoms with Crippen LogP contribution in [0.3, 0.4) is 0 Å². The van der Waals surface area contributed by atoms with E-state index in [2.05, 4.69) is 5.32 Å². The smallest absolute Gasteiger partial charge is 0.461 e. The normalized spacial score (nSPS) is 20.3. The SMILES string of the molecule is CCCCC[C@H](CC(=O)OCC(Cl)(Cl)Cl)C(=O)[N@+]1(C(=O)OC(C)(C)C)CCNCC1C(=O)OCc1ccccc1. The summed E-state index contributed by atoms with van der Waals surface area (Å²) in [5.74, 6) is -3.01. The first kappa shape index (κ1) is 34.3. The highest BCUT2D eigenvalue weighted by atomic mass is 35.6. The molecule has 1 fully saturated rings. The molecule has 0 aromatic heterocycles. The van der Waals surface area contributed by atoms with Crippen LogP contribution >= 0.6 is 34.8 Å². The lowest BCUT2D eigenvalue weighted by molar-refractivity contribution is -0.806. The molecule has 0 saturated carbocycles. The molecule has 2 amide bonds. The molecule has 1 aromatic carbocycles. The van der Waals surface area contributed by atoms with Gasteiger partial charge in [-0.05, 0) is 32.8 Å². The number of rotatable bonds is 11. The van der Waals surface area contributed by atoms with E-state index in [0.717, 1.165) is 18.4 Å². The Balaban J connectivity index is 2.44. The predicted octanol–water partition coefficient (Wildman–Crippen LogP) is 5.48. The van der Waals surface area contributed by atoms with E-state index >= 15 is 0 Å². The lowest BCUT2D eigenvalue weighted by Gasteiger charge is -2.42. The maximum atomic E-state index is 14.4. The van der Waals surface area contributed by atoms with Gasteiger partial charge in [0.15, 0.2) is 0 Å². The molecule has 1 N–H and O–H groups in total. The van der Waals surface area contributed by atoms with Gasteiger partial charge < -0.3 is 19.5 Å². The number of alkyl halides is 3. The number of hydrogen-bond acceptors (Lipinski definition) is 8. The Hall–Kier alpha value is -1.91. The molecular weight excluding hydrogens is 583 g/mol. The Bertz CT molecular complexity index is 1010. The van der Waals surface area contributed by atoms with Gasteiger partial charge in [-0.2, -0.15) is 4.79 Å². The summed E-state index contributed by atoms with van der Waals surface area (Å²) in [5, 5.41) is 3.10. The third-order valence-electron chi connectivity index (χ3n) is 6.43. The van der Waals surface area contributed by atoms with Crippen molar-refractivity contribution in [3.05, 3.63) is 35.9 Å². The minimum Gasteiger partial charge on any atom is -0.461 e. The number of hydrogen-bond donors (Lipinski definition) is 1. The van der Waals surface area contributed by atoms with Crippen LogP contribution in [-0.2, 0) is 35.2 Å². The van der Waals surface area contributed by atoms with E-state index in [1.165, 1.54) is 0 Å². The fourth-order valence-electron chi connectivity index (χ4n) is 4.51. The average molecular weight is 623 g/mol. The van der Waals surface area contributed by atoms with Crippen LogP contribution in [0, 0.1) is 5.92 Å². The van der Waals surface area contributed by atoms with Crippen molar-refractivity contribution in [3.8, 4) is 0 Å². The van der Waals surface area contributed by atoms with Gasteiger partial charge in [0.1, 0.15) is 25.4 Å². The first-order valence-corrected chi connectivity index (χ1v) is 14.6. The monoisotopic (exact) mass is 621 g/mol. The van der Waals surface area contributed by atoms with E-state index in [1.54, 1.807) is 32.9 Å². The molecule has 1 saturated heterocycles. The lowest BCUT2D eigenvalue weighted by atomic mass is 9.93. The van der Waals surface area contributed by atoms with E-state index < -0.39 is 56.4 Å². The second kappa shape index (κ2) is 15.4. The summed E-state index contributed by atoms with van der Waals surface area (Å²) in [6.07, 6.45) is 1.41. The summed E-state index contributed by atoms with van der Waals surface area (Å²) < 4.78 is 13.7. The molecular formula is C28H40Cl3N2O7+. The zero-order valence-corrected chi connectivity index (χ0v) is 25.8. The van der Waals surface area contributed by atoms with Crippen molar-refractivity contribution >= 4 is 58.7 Å². The summed E-state index contributed by atoms with van der Waals surface area (Å²) in [6.45, 7) is 6.78. The molecule has 2 rings (SSSR count). The second-order valence-electron chi connectivity index (χ2n) is 10.9. The van der Waals surface area contributed by atoms with Crippen LogP contribution in [0.15, 0.2) is 30.3 Å². The largest absolute Gasteiger partial charge is 0.524 e. The molecule has 12 heteroatoms. The number of halogens is 3. The summed E-state index contributed by atoms with van der Waals surface area (Å²) in [7, 11) is 0. The van der Waals surface area contributed by atoms with Crippen LogP contribution in [0.5, 0.6) is 0 Å². The van der Waals surface area contributed by atoms with Crippen LogP contribution < -0.4 is 5.32 Å². The zero-order valence-electron chi connectivity index (χ0n) is 23.6. The number of nitrogens with one attached hydrogen (secondary N) is 1. The number of benzene rings is 1. The molecule has 9 nitrogen and oxygen atoms in total. The molecule has 0 bridgehead atoms. The highest BCUT2D eigenvalue weighted by molar-refractivity contribution is 6.67. The number of amides is 2. The minimum atomic E-state index is -1.81. The molecule has 0 radical (unpaired) electrons. The summed E-state index contributed by atoms with van der Waals surface area (Å²) in [5.41, 5.74) is -0.178. The van der Waals surface area contributed by atoms with E-state index in [9.17, 15) is 19.2 Å². The Morgan fingerprint density at radius 3 is 2.33 bits per heavy atom. The van der Waals surface area contributed by atoms with Gasteiger partial charge in [0.05, 0.1) is 18.9 Å². The van der Waals surface area contributed by atoms with E-state index in [1.807, 2.05) is 25.1 Å². The van der Waals surface area contributed by atoms with Crippen molar-refractivity contribution in [2.45, 2.75) is 81.8 Å². The van der Waals surface area contributed by atoms with Crippen LogP contribution in [0.4, 0.5) is 4.79 Å². The Morgan fingerprint density at radius 2 is 1.73 bits per heavy atom. The Labute approximate surface area is 251 Å². The zero-order chi connectivity index (χ0) is 30.0. The molecule has 0 aliphatic carbocycles. The number of nitrogens with zero attached hydrogens (tertiary/aromatic N) is 1. The average Bonchev–Trinajstić information content (AvgIpc) is 2.88. The van der Waals surface area contributed by atoms with Gasteiger partial charge in [-0.1, -0.05) is 91.3 Å². The Morgan fingerprint density at radius 1 is 1.05 bits per heavy atom. The third kappa shape index (κ3) is 10.5. The number of ether oxygens (including phenoxy) is 3. The molecule has 1 aliphatic heterocycles. The van der Waals surface area contributed by atoms with Crippen molar-refractivity contribution in [1.29, 1.82) is 0 Å². The van der Waals surface area contributed by atoms with Gasteiger partial charge in [-0.3, -0.25) is 4.79 Å². The fourth-order valence-corrected chi connectivity index (χ4v) is 4.68. The molecule has 224 valence electrons. The second-order valence-corrected chi connectivity index (χ2v) is 13.4. The summed E-state index contributed by atoms with van der Waals surface area (Å²) in [6, 6.07) is 7.87. The highest BCUT2D eigenvalue weighted by Crippen LogP contribution is 2.31. The van der Waals surface area contributed by atoms with Crippen LogP contribution in [0.25, 0.3) is 0 Å². The molecule has 1 unspecified atom stereocenters. The van der Waals surface area contributed by atoms with Crippen molar-refractivity contribution < 1.29 is 37.9 Å².